The molecule has 1 heterocycles. The summed E-state index contributed by atoms with van der Waals surface area (Å²) in [5.41, 5.74) is -0.417. The standard InChI is InChI=1S/C16H22N4O5S/c1-12(16(21)17-13-6-7-13)18-8-10-19(11-9-18)26(24,25)15-5-3-2-4-14(15)20(22)23/h2-5,12-13H,6-11H2,1H3,(H,17,21)/p+1/t12-/m1/s1. The topological polar surface area (TPSA) is 114 Å². The van der Waals surface area contributed by atoms with E-state index in [1.807, 2.05) is 6.92 Å². The number of para-hydroxylation sites is 1. The van der Waals surface area contributed by atoms with Crippen LogP contribution in [-0.2, 0) is 14.8 Å². The van der Waals surface area contributed by atoms with Crippen molar-refractivity contribution in [1.82, 2.24) is 9.62 Å². The highest BCUT2D eigenvalue weighted by Gasteiger charge is 2.38. The summed E-state index contributed by atoms with van der Waals surface area (Å²) in [5, 5.41) is 14.1. The van der Waals surface area contributed by atoms with Crippen molar-refractivity contribution in [2.45, 2.75) is 36.7 Å². The van der Waals surface area contributed by atoms with Gasteiger partial charge in [0.1, 0.15) is 0 Å². The normalized spacial score (nSPS) is 20.5. The summed E-state index contributed by atoms with van der Waals surface area (Å²) in [6, 6.07) is 5.43. The third-order valence-corrected chi connectivity index (χ3v) is 6.92. The first-order valence-corrected chi connectivity index (χ1v) is 10.1. The molecule has 0 radical (unpaired) electrons. The number of quaternary nitrogens is 1. The second kappa shape index (κ2) is 7.29. The van der Waals surface area contributed by atoms with E-state index in [2.05, 4.69) is 5.32 Å². The quantitative estimate of drug-likeness (QED) is 0.491. The number of carbonyl (C=O) groups excluding carboxylic acids is 1. The van der Waals surface area contributed by atoms with Gasteiger partial charge in [0.2, 0.25) is 10.0 Å². The zero-order valence-corrected chi connectivity index (χ0v) is 15.4. The SMILES string of the molecule is C[C@H](C(=O)NC1CC1)[NH+]1CCN(S(=O)(=O)c2ccccc2[N+](=O)[O-])CC1. The molecular formula is C16H23N4O5S+. The van der Waals surface area contributed by atoms with E-state index >= 15 is 0 Å². The Kier molecular flexibility index (Phi) is 5.26. The van der Waals surface area contributed by atoms with Crippen molar-refractivity contribution < 1.29 is 23.0 Å². The average Bonchev–Trinajstić information content (AvgIpc) is 3.45. The Morgan fingerprint density at radius 2 is 1.92 bits per heavy atom. The Labute approximate surface area is 152 Å². The number of nitrogens with one attached hydrogen (secondary N) is 2. The fraction of sp³-hybridized carbons (Fsp3) is 0.562. The monoisotopic (exact) mass is 383 g/mol. The van der Waals surface area contributed by atoms with E-state index in [1.54, 1.807) is 0 Å². The van der Waals surface area contributed by atoms with Crippen LogP contribution in [-0.4, -0.2) is 61.8 Å². The van der Waals surface area contributed by atoms with Crippen LogP contribution in [0.5, 0.6) is 0 Å². The summed E-state index contributed by atoms with van der Waals surface area (Å²) in [6.07, 6.45) is 2.05. The van der Waals surface area contributed by atoms with Crippen LogP contribution in [0.15, 0.2) is 29.2 Å². The number of amides is 1. The number of nitro benzene ring substituents is 1. The van der Waals surface area contributed by atoms with Gasteiger partial charge in [-0.2, -0.15) is 4.31 Å². The predicted octanol–water partition coefficient (Wildman–Crippen LogP) is -0.849. The first kappa shape index (κ1) is 18.7. The molecule has 142 valence electrons. The molecule has 1 atom stereocenters. The second-order valence-corrected chi connectivity index (χ2v) is 8.70. The van der Waals surface area contributed by atoms with Gasteiger partial charge in [-0.1, -0.05) is 12.1 Å². The third-order valence-electron chi connectivity index (χ3n) is 4.97. The van der Waals surface area contributed by atoms with Crippen molar-refractivity contribution in [2.24, 2.45) is 0 Å². The molecular weight excluding hydrogens is 360 g/mol. The van der Waals surface area contributed by atoms with Crippen molar-refractivity contribution in [3.8, 4) is 0 Å². The molecule has 0 bridgehead atoms. The fourth-order valence-electron chi connectivity index (χ4n) is 3.15. The third kappa shape index (κ3) is 3.87. The Balaban J connectivity index is 1.67. The lowest BCUT2D eigenvalue weighted by atomic mass is 10.2. The number of hydrogen-bond acceptors (Lipinski definition) is 5. The highest BCUT2D eigenvalue weighted by atomic mass is 32.2. The maximum atomic E-state index is 12.8. The minimum Gasteiger partial charge on any atom is -0.348 e. The molecule has 2 aliphatic rings. The fourth-order valence-corrected chi connectivity index (χ4v) is 4.75. The highest BCUT2D eigenvalue weighted by Crippen LogP contribution is 2.26. The molecule has 1 aromatic carbocycles. The first-order chi connectivity index (χ1) is 12.3. The van der Waals surface area contributed by atoms with Crippen molar-refractivity contribution in [1.29, 1.82) is 0 Å². The van der Waals surface area contributed by atoms with Crippen LogP contribution in [0.25, 0.3) is 0 Å². The summed E-state index contributed by atoms with van der Waals surface area (Å²) >= 11 is 0. The predicted molar refractivity (Wildman–Crippen MR) is 93.2 cm³/mol. The molecule has 2 N–H and O–H groups in total. The van der Waals surface area contributed by atoms with E-state index < -0.39 is 20.6 Å². The lowest BCUT2D eigenvalue weighted by molar-refractivity contribution is -0.917. The summed E-state index contributed by atoms with van der Waals surface area (Å²) in [6.45, 7) is 3.27. The Hall–Kier alpha value is -2.04. The zero-order valence-electron chi connectivity index (χ0n) is 14.6. The van der Waals surface area contributed by atoms with Gasteiger partial charge in [0.25, 0.3) is 11.6 Å². The van der Waals surface area contributed by atoms with Gasteiger partial charge in [0, 0.05) is 12.1 Å². The maximum absolute atomic E-state index is 12.8. The van der Waals surface area contributed by atoms with Crippen LogP contribution in [0, 0.1) is 10.1 Å². The maximum Gasteiger partial charge on any atom is 0.289 e. The van der Waals surface area contributed by atoms with Crippen molar-refractivity contribution in [3.63, 3.8) is 0 Å². The molecule has 1 saturated heterocycles. The van der Waals surface area contributed by atoms with Crippen molar-refractivity contribution >= 4 is 21.6 Å². The minimum absolute atomic E-state index is 0.00231. The van der Waals surface area contributed by atoms with E-state index in [1.165, 1.54) is 28.6 Å². The molecule has 9 nitrogen and oxygen atoms in total. The largest absolute Gasteiger partial charge is 0.348 e. The summed E-state index contributed by atoms with van der Waals surface area (Å²) in [4.78, 5) is 23.4. The molecule has 1 aliphatic heterocycles. The number of hydrogen-bond donors (Lipinski definition) is 2. The van der Waals surface area contributed by atoms with Gasteiger partial charge >= 0.3 is 0 Å². The first-order valence-electron chi connectivity index (χ1n) is 8.69. The van der Waals surface area contributed by atoms with E-state index in [0.29, 0.717) is 19.1 Å². The number of rotatable bonds is 6. The molecule has 26 heavy (non-hydrogen) atoms. The van der Waals surface area contributed by atoms with Gasteiger partial charge in [-0.15, -0.1) is 0 Å². The van der Waals surface area contributed by atoms with Crippen LogP contribution < -0.4 is 10.2 Å². The lowest BCUT2D eigenvalue weighted by Gasteiger charge is -2.34. The van der Waals surface area contributed by atoms with Gasteiger partial charge in [-0.3, -0.25) is 14.9 Å². The Morgan fingerprint density at radius 1 is 1.31 bits per heavy atom. The van der Waals surface area contributed by atoms with E-state index in [-0.39, 0.29) is 29.9 Å². The number of sulfonamides is 1. The molecule has 1 saturated carbocycles. The second-order valence-electron chi connectivity index (χ2n) is 6.79. The Morgan fingerprint density at radius 3 is 2.50 bits per heavy atom. The molecule has 0 aromatic heterocycles. The molecule has 1 aliphatic carbocycles. The summed E-state index contributed by atoms with van der Waals surface area (Å²) in [5.74, 6) is -0.00231. The summed E-state index contributed by atoms with van der Waals surface area (Å²) < 4.78 is 26.9. The van der Waals surface area contributed by atoms with Crippen LogP contribution in [0.1, 0.15) is 19.8 Å². The number of carbonyl (C=O) groups is 1. The van der Waals surface area contributed by atoms with Crippen LogP contribution >= 0.6 is 0 Å². The van der Waals surface area contributed by atoms with Gasteiger partial charge in [0.15, 0.2) is 10.9 Å². The van der Waals surface area contributed by atoms with Crippen LogP contribution in [0.4, 0.5) is 5.69 Å². The van der Waals surface area contributed by atoms with E-state index in [9.17, 15) is 23.3 Å². The van der Waals surface area contributed by atoms with Gasteiger partial charge in [-0.05, 0) is 25.8 Å². The number of nitrogens with zero attached hydrogens (tertiary/aromatic N) is 2. The lowest BCUT2D eigenvalue weighted by Crippen LogP contribution is -3.19. The summed E-state index contributed by atoms with van der Waals surface area (Å²) in [7, 11) is -3.94. The molecule has 0 unspecified atom stereocenters. The number of nitro groups is 1. The zero-order chi connectivity index (χ0) is 18.9. The van der Waals surface area contributed by atoms with Crippen molar-refractivity contribution in [3.05, 3.63) is 34.4 Å². The number of piperazine rings is 1. The Bertz CT molecular complexity index is 801. The molecule has 10 heteroatoms. The van der Waals surface area contributed by atoms with E-state index in [0.717, 1.165) is 17.7 Å². The van der Waals surface area contributed by atoms with Gasteiger partial charge in [0.05, 0.1) is 31.1 Å². The molecule has 0 spiro atoms. The smallest absolute Gasteiger partial charge is 0.289 e. The molecule has 1 amide bonds. The average molecular weight is 383 g/mol. The van der Waals surface area contributed by atoms with E-state index in [4.69, 9.17) is 0 Å². The number of benzene rings is 1. The van der Waals surface area contributed by atoms with Crippen molar-refractivity contribution in [2.75, 3.05) is 26.2 Å². The highest BCUT2D eigenvalue weighted by molar-refractivity contribution is 7.89. The van der Waals surface area contributed by atoms with Crippen LogP contribution in [0.2, 0.25) is 0 Å². The molecule has 1 aromatic rings. The van der Waals surface area contributed by atoms with Gasteiger partial charge in [-0.25, -0.2) is 8.42 Å². The van der Waals surface area contributed by atoms with Gasteiger partial charge < -0.3 is 10.2 Å². The molecule has 2 fully saturated rings. The van der Waals surface area contributed by atoms with Crippen LogP contribution in [0.3, 0.4) is 0 Å². The minimum atomic E-state index is -3.94. The molecule has 3 rings (SSSR count).